The summed E-state index contributed by atoms with van der Waals surface area (Å²) in [6.07, 6.45) is 10.0. The Hall–Kier alpha value is -3.38. The van der Waals surface area contributed by atoms with Gasteiger partial charge in [-0.15, -0.1) is 0 Å². The van der Waals surface area contributed by atoms with Crippen LogP contribution in [0.1, 0.15) is 44.2 Å². The van der Waals surface area contributed by atoms with Crippen molar-refractivity contribution in [3.05, 3.63) is 84.3 Å². The quantitative estimate of drug-likeness (QED) is 0.291. The van der Waals surface area contributed by atoms with Crippen molar-refractivity contribution >= 4 is 26.5 Å². The minimum atomic E-state index is -3.35. The number of nitrogens with zero attached hydrogens (tertiary/aromatic N) is 2. The third kappa shape index (κ3) is 4.96. The van der Waals surface area contributed by atoms with Crippen LogP contribution in [0.4, 0.5) is 0 Å². The van der Waals surface area contributed by atoms with Crippen molar-refractivity contribution in [2.75, 3.05) is 6.26 Å². The Morgan fingerprint density at radius 2 is 1.75 bits per heavy atom. The van der Waals surface area contributed by atoms with Gasteiger partial charge >= 0.3 is 0 Å². The molecule has 0 radical (unpaired) electrons. The molecule has 1 fully saturated rings. The van der Waals surface area contributed by atoms with Gasteiger partial charge in [-0.3, -0.25) is 14.8 Å². The first-order valence-corrected chi connectivity index (χ1v) is 14.2. The van der Waals surface area contributed by atoms with E-state index in [-0.39, 0.29) is 5.78 Å². The molecule has 0 spiro atoms. The Morgan fingerprint density at radius 3 is 2.50 bits per heavy atom. The number of fused-ring (bicyclic) bond motifs is 1. The zero-order valence-corrected chi connectivity index (χ0v) is 21.7. The van der Waals surface area contributed by atoms with Gasteiger partial charge in [-0.2, -0.15) is 0 Å². The number of sulfone groups is 1. The number of ketones is 1. The molecule has 0 amide bonds. The van der Waals surface area contributed by atoms with Gasteiger partial charge in [-0.05, 0) is 85.2 Å². The van der Waals surface area contributed by atoms with Crippen LogP contribution in [-0.2, 0) is 25.8 Å². The van der Waals surface area contributed by atoms with E-state index in [4.69, 9.17) is 0 Å². The van der Waals surface area contributed by atoms with Gasteiger partial charge in [0.25, 0.3) is 0 Å². The molecule has 0 aliphatic heterocycles. The first kappa shape index (κ1) is 24.3. The molecule has 0 atom stereocenters. The predicted octanol–water partition coefficient (Wildman–Crippen LogP) is 6.16. The number of Topliss-reactive ketones (excluding diaryl/α,β-unsaturated/α-hetero) is 1. The maximum atomic E-state index is 12.6. The van der Waals surface area contributed by atoms with Crippen LogP contribution in [0.25, 0.3) is 33.2 Å². The van der Waals surface area contributed by atoms with E-state index in [0.29, 0.717) is 18.8 Å². The van der Waals surface area contributed by atoms with Crippen LogP contribution in [0, 0.1) is 5.92 Å². The molecular weight excluding hydrogens is 468 g/mol. The Labute approximate surface area is 212 Å². The SMILES string of the molecule is CC(C)(c1cc(-c2cccc(-c3cncc(CC(=O)CC4CC4)c3)c2)c2ncccc2c1)S(C)(=O)=O. The van der Waals surface area contributed by atoms with E-state index >= 15 is 0 Å². The van der Waals surface area contributed by atoms with Gasteiger partial charge in [0.15, 0.2) is 9.84 Å². The van der Waals surface area contributed by atoms with Crippen LogP contribution in [0.15, 0.2) is 73.2 Å². The zero-order valence-electron chi connectivity index (χ0n) is 20.9. The van der Waals surface area contributed by atoms with Crippen molar-refractivity contribution in [1.29, 1.82) is 0 Å². The van der Waals surface area contributed by atoms with E-state index in [1.807, 2.05) is 54.7 Å². The van der Waals surface area contributed by atoms with Crippen molar-refractivity contribution in [2.45, 2.75) is 44.3 Å². The summed E-state index contributed by atoms with van der Waals surface area (Å²) in [6.45, 7) is 3.48. The van der Waals surface area contributed by atoms with Crippen LogP contribution in [0.3, 0.4) is 0 Å². The second kappa shape index (κ2) is 9.25. The second-order valence-electron chi connectivity index (χ2n) is 10.4. The van der Waals surface area contributed by atoms with Gasteiger partial charge in [0, 0.05) is 54.2 Å². The van der Waals surface area contributed by atoms with Crippen molar-refractivity contribution in [1.82, 2.24) is 9.97 Å². The van der Waals surface area contributed by atoms with E-state index in [1.165, 1.54) is 19.1 Å². The van der Waals surface area contributed by atoms with Crippen molar-refractivity contribution < 1.29 is 13.2 Å². The van der Waals surface area contributed by atoms with E-state index in [9.17, 15) is 13.2 Å². The van der Waals surface area contributed by atoms with Gasteiger partial charge in [0.05, 0.1) is 10.3 Å². The summed E-state index contributed by atoms with van der Waals surface area (Å²) in [5.41, 5.74) is 6.21. The van der Waals surface area contributed by atoms with Crippen molar-refractivity contribution in [3.8, 4) is 22.3 Å². The van der Waals surface area contributed by atoms with Crippen LogP contribution < -0.4 is 0 Å². The highest BCUT2D eigenvalue weighted by Crippen LogP contribution is 2.37. The van der Waals surface area contributed by atoms with Crippen LogP contribution in [0.2, 0.25) is 0 Å². The standard InChI is InChI=1S/C30H30N2O3S/c1-30(2,36(3,34)35)26-16-24-8-5-11-32-29(24)28(17-26)23-7-4-6-22(15-23)25-12-21(18-31-19-25)14-27(33)13-20-9-10-20/h4-8,11-12,15-20H,9-10,13-14H2,1-3H3. The summed E-state index contributed by atoms with van der Waals surface area (Å²) in [4.78, 5) is 21.4. The van der Waals surface area contributed by atoms with Crippen molar-refractivity contribution in [2.24, 2.45) is 5.92 Å². The first-order valence-electron chi connectivity index (χ1n) is 12.3. The van der Waals surface area contributed by atoms with E-state index in [0.717, 1.165) is 44.3 Å². The molecule has 2 aromatic heterocycles. The fraction of sp³-hybridized carbons (Fsp3) is 0.300. The molecule has 5 nitrogen and oxygen atoms in total. The zero-order chi connectivity index (χ0) is 25.5. The lowest BCUT2D eigenvalue weighted by molar-refractivity contribution is -0.118. The molecule has 1 aliphatic carbocycles. The van der Waals surface area contributed by atoms with E-state index in [1.54, 1.807) is 26.2 Å². The molecule has 2 heterocycles. The van der Waals surface area contributed by atoms with E-state index in [2.05, 4.69) is 16.0 Å². The third-order valence-electron chi connectivity index (χ3n) is 7.24. The van der Waals surface area contributed by atoms with Gasteiger partial charge in [-0.1, -0.05) is 24.3 Å². The van der Waals surface area contributed by atoms with Gasteiger partial charge in [-0.25, -0.2) is 8.42 Å². The maximum absolute atomic E-state index is 12.6. The molecule has 184 valence electrons. The molecule has 1 aliphatic rings. The Bertz CT molecular complexity index is 1570. The number of carbonyl (C=O) groups excluding carboxylic acids is 1. The topological polar surface area (TPSA) is 77.0 Å². The summed E-state index contributed by atoms with van der Waals surface area (Å²) < 4.78 is 24.2. The number of rotatable bonds is 8. The lowest BCUT2D eigenvalue weighted by atomic mass is 9.92. The number of carbonyl (C=O) groups is 1. The molecule has 1 saturated carbocycles. The highest BCUT2D eigenvalue weighted by Gasteiger charge is 2.33. The maximum Gasteiger partial charge on any atom is 0.156 e. The number of aromatic nitrogens is 2. The van der Waals surface area contributed by atoms with Gasteiger partial charge in [0.2, 0.25) is 0 Å². The summed E-state index contributed by atoms with van der Waals surface area (Å²) in [7, 11) is -3.35. The largest absolute Gasteiger partial charge is 0.299 e. The molecule has 0 saturated heterocycles. The normalized spacial score (nSPS) is 14.2. The monoisotopic (exact) mass is 498 g/mol. The summed E-state index contributed by atoms with van der Waals surface area (Å²) in [5, 5.41) is 0.893. The molecule has 4 aromatic rings. The minimum Gasteiger partial charge on any atom is -0.299 e. The van der Waals surface area contributed by atoms with Crippen molar-refractivity contribution in [3.63, 3.8) is 0 Å². The van der Waals surface area contributed by atoms with Crippen LogP contribution in [0.5, 0.6) is 0 Å². The van der Waals surface area contributed by atoms with E-state index < -0.39 is 14.6 Å². The van der Waals surface area contributed by atoms with Crippen LogP contribution in [-0.4, -0.2) is 30.4 Å². The number of pyridine rings is 2. The lowest BCUT2D eigenvalue weighted by Gasteiger charge is -2.24. The fourth-order valence-corrected chi connectivity index (χ4v) is 5.07. The smallest absolute Gasteiger partial charge is 0.156 e. The first-order chi connectivity index (χ1) is 17.1. The second-order valence-corrected chi connectivity index (χ2v) is 13.0. The molecular formula is C30H30N2O3S. The number of hydrogen-bond donors (Lipinski definition) is 0. The Morgan fingerprint density at radius 1 is 0.972 bits per heavy atom. The Balaban J connectivity index is 1.56. The molecule has 0 bridgehead atoms. The molecule has 36 heavy (non-hydrogen) atoms. The van der Waals surface area contributed by atoms with Gasteiger partial charge in [0.1, 0.15) is 5.78 Å². The summed E-state index contributed by atoms with van der Waals surface area (Å²) in [5.74, 6) is 0.852. The summed E-state index contributed by atoms with van der Waals surface area (Å²) in [6, 6.07) is 17.8. The fourth-order valence-electron chi connectivity index (χ4n) is 4.53. The molecule has 2 aromatic carbocycles. The molecule has 6 heteroatoms. The summed E-state index contributed by atoms with van der Waals surface area (Å²) >= 11 is 0. The molecule has 0 unspecified atom stereocenters. The lowest BCUT2D eigenvalue weighted by Crippen LogP contribution is -2.28. The average Bonchev–Trinajstić information content (AvgIpc) is 3.66. The highest BCUT2D eigenvalue weighted by atomic mass is 32.2. The number of benzene rings is 2. The third-order valence-corrected chi connectivity index (χ3v) is 9.33. The minimum absolute atomic E-state index is 0.271. The molecule has 0 N–H and O–H groups in total. The van der Waals surface area contributed by atoms with Gasteiger partial charge < -0.3 is 0 Å². The highest BCUT2D eigenvalue weighted by molar-refractivity contribution is 7.91. The predicted molar refractivity (Wildman–Crippen MR) is 144 cm³/mol. The number of hydrogen-bond acceptors (Lipinski definition) is 5. The van der Waals surface area contributed by atoms with Crippen LogP contribution >= 0.6 is 0 Å². The molecule has 5 rings (SSSR count). The Kier molecular flexibility index (Phi) is 6.25. The average molecular weight is 499 g/mol.